The van der Waals surface area contributed by atoms with Crippen molar-refractivity contribution in [3.05, 3.63) is 12.2 Å². The van der Waals surface area contributed by atoms with E-state index < -0.39 is 0 Å². The standard InChI is InChI=1S/C10H18/c1-8(2)6-10-5-4-9(3)7-10/h8,10H,3-7H2,1-2H3/t10-/m0/s1. The van der Waals surface area contributed by atoms with Crippen molar-refractivity contribution in [2.45, 2.75) is 39.5 Å². The molecule has 0 N–H and O–H groups in total. The Hall–Kier alpha value is -0.260. The summed E-state index contributed by atoms with van der Waals surface area (Å²) in [7, 11) is 0. The van der Waals surface area contributed by atoms with E-state index in [1.807, 2.05) is 0 Å². The lowest BCUT2D eigenvalue weighted by atomic mass is 9.96. The van der Waals surface area contributed by atoms with Crippen LogP contribution in [0.3, 0.4) is 0 Å². The Kier molecular flexibility index (Phi) is 2.53. The van der Waals surface area contributed by atoms with Crippen molar-refractivity contribution in [2.75, 3.05) is 0 Å². The first-order valence-corrected chi connectivity index (χ1v) is 4.35. The van der Waals surface area contributed by atoms with Crippen molar-refractivity contribution in [2.24, 2.45) is 11.8 Å². The summed E-state index contributed by atoms with van der Waals surface area (Å²) in [4.78, 5) is 0. The molecule has 0 aromatic rings. The van der Waals surface area contributed by atoms with Crippen molar-refractivity contribution in [3.63, 3.8) is 0 Å². The Balaban J connectivity index is 2.24. The highest BCUT2D eigenvalue weighted by Crippen LogP contribution is 2.32. The molecule has 0 heteroatoms. The molecule has 0 saturated heterocycles. The van der Waals surface area contributed by atoms with Crippen molar-refractivity contribution < 1.29 is 0 Å². The topological polar surface area (TPSA) is 0 Å². The van der Waals surface area contributed by atoms with Crippen LogP contribution in [0.5, 0.6) is 0 Å². The lowest BCUT2D eigenvalue weighted by Gasteiger charge is -2.10. The molecule has 0 radical (unpaired) electrons. The minimum Gasteiger partial charge on any atom is -0.0999 e. The summed E-state index contributed by atoms with van der Waals surface area (Å²) in [5, 5.41) is 0. The van der Waals surface area contributed by atoms with E-state index in [2.05, 4.69) is 20.4 Å². The zero-order valence-electron chi connectivity index (χ0n) is 7.19. The van der Waals surface area contributed by atoms with Gasteiger partial charge in [0.2, 0.25) is 0 Å². The van der Waals surface area contributed by atoms with Gasteiger partial charge in [-0.1, -0.05) is 26.0 Å². The molecule has 1 saturated carbocycles. The van der Waals surface area contributed by atoms with E-state index in [1.165, 1.54) is 31.3 Å². The van der Waals surface area contributed by atoms with E-state index in [1.54, 1.807) is 0 Å². The van der Waals surface area contributed by atoms with Gasteiger partial charge in [-0.05, 0) is 37.5 Å². The van der Waals surface area contributed by atoms with Gasteiger partial charge in [-0.2, -0.15) is 0 Å². The molecule has 1 fully saturated rings. The van der Waals surface area contributed by atoms with Crippen LogP contribution in [0.2, 0.25) is 0 Å². The van der Waals surface area contributed by atoms with Crippen LogP contribution in [0.15, 0.2) is 12.2 Å². The van der Waals surface area contributed by atoms with Crippen LogP contribution < -0.4 is 0 Å². The van der Waals surface area contributed by atoms with E-state index in [0.29, 0.717) is 0 Å². The third-order valence-corrected chi connectivity index (χ3v) is 2.29. The van der Waals surface area contributed by atoms with E-state index in [9.17, 15) is 0 Å². The lowest BCUT2D eigenvalue weighted by molar-refractivity contribution is 0.424. The highest BCUT2D eigenvalue weighted by Gasteiger charge is 2.18. The maximum atomic E-state index is 4.01. The quantitative estimate of drug-likeness (QED) is 0.513. The third-order valence-electron chi connectivity index (χ3n) is 2.29. The Labute approximate surface area is 64.3 Å². The average Bonchev–Trinajstić information content (AvgIpc) is 2.13. The van der Waals surface area contributed by atoms with Gasteiger partial charge in [0.1, 0.15) is 0 Å². The fourth-order valence-corrected chi connectivity index (χ4v) is 1.89. The van der Waals surface area contributed by atoms with Gasteiger partial charge >= 0.3 is 0 Å². The number of allylic oxidation sites excluding steroid dienone is 1. The van der Waals surface area contributed by atoms with Crippen LogP contribution in [0.25, 0.3) is 0 Å². The minimum absolute atomic E-state index is 0.871. The van der Waals surface area contributed by atoms with Gasteiger partial charge in [0, 0.05) is 0 Å². The Bertz CT molecular complexity index is 122. The maximum Gasteiger partial charge on any atom is -0.0294 e. The predicted octanol–water partition coefficient (Wildman–Crippen LogP) is 3.39. The molecule has 0 aliphatic heterocycles. The number of hydrogen-bond acceptors (Lipinski definition) is 0. The van der Waals surface area contributed by atoms with Gasteiger partial charge in [0.05, 0.1) is 0 Å². The molecule has 58 valence electrons. The van der Waals surface area contributed by atoms with Crippen LogP contribution in [-0.2, 0) is 0 Å². The molecule has 0 unspecified atom stereocenters. The minimum atomic E-state index is 0.871. The first-order chi connectivity index (χ1) is 4.68. The molecule has 0 aromatic heterocycles. The van der Waals surface area contributed by atoms with Crippen LogP contribution in [-0.4, -0.2) is 0 Å². The van der Waals surface area contributed by atoms with Gasteiger partial charge in [0.25, 0.3) is 0 Å². The molecule has 0 spiro atoms. The van der Waals surface area contributed by atoms with Gasteiger partial charge in [-0.15, -0.1) is 0 Å². The average molecular weight is 138 g/mol. The van der Waals surface area contributed by atoms with Crippen LogP contribution in [0, 0.1) is 11.8 Å². The molecule has 0 nitrogen and oxygen atoms in total. The fourth-order valence-electron chi connectivity index (χ4n) is 1.89. The van der Waals surface area contributed by atoms with Gasteiger partial charge < -0.3 is 0 Å². The molecule has 1 atom stereocenters. The van der Waals surface area contributed by atoms with E-state index in [0.717, 1.165) is 11.8 Å². The highest BCUT2D eigenvalue weighted by molar-refractivity contribution is 5.01. The molecule has 10 heavy (non-hydrogen) atoms. The van der Waals surface area contributed by atoms with Crippen LogP contribution in [0.4, 0.5) is 0 Å². The Morgan fingerprint density at radius 2 is 2.30 bits per heavy atom. The van der Waals surface area contributed by atoms with E-state index in [4.69, 9.17) is 0 Å². The summed E-state index contributed by atoms with van der Waals surface area (Å²) in [6, 6.07) is 0. The molecule has 1 aliphatic carbocycles. The third kappa shape index (κ3) is 2.17. The zero-order valence-corrected chi connectivity index (χ0v) is 7.19. The first-order valence-electron chi connectivity index (χ1n) is 4.35. The monoisotopic (exact) mass is 138 g/mol. The molecular weight excluding hydrogens is 120 g/mol. The summed E-state index contributed by atoms with van der Waals surface area (Å²) in [5.41, 5.74) is 1.48. The highest BCUT2D eigenvalue weighted by atomic mass is 14.2. The second-order valence-corrected chi connectivity index (χ2v) is 3.99. The van der Waals surface area contributed by atoms with Crippen molar-refractivity contribution >= 4 is 0 Å². The summed E-state index contributed by atoms with van der Waals surface area (Å²) in [6.45, 7) is 8.62. The molecular formula is C10H18. The SMILES string of the molecule is C=C1CC[C@@H](CC(C)C)C1. The van der Waals surface area contributed by atoms with Crippen LogP contribution in [0.1, 0.15) is 39.5 Å². The number of hydrogen-bond donors (Lipinski definition) is 0. The first kappa shape index (κ1) is 7.84. The second-order valence-electron chi connectivity index (χ2n) is 3.99. The zero-order chi connectivity index (χ0) is 7.56. The summed E-state index contributed by atoms with van der Waals surface area (Å²) < 4.78 is 0. The lowest BCUT2D eigenvalue weighted by Crippen LogP contribution is -1.98. The second kappa shape index (κ2) is 3.23. The summed E-state index contributed by atoms with van der Waals surface area (Å²) in [5.74, 6) is 1.84. The molecule has 1 rings (SSSR count). The fraction of sp³-hybridized carbons (Fsp3) is 0.800. The van der Waals surface area contributed by atoms with Gasteiger partial charge in [-0.3, -0.25) is 0 Å². The van der Waals surface area contributed by atoms with Crippen molar-refractivity contribution in [3.8, 4) is 0 Å². The molecule has 0 amide bonds. The van der Waals surface area contributed by atoms with Crippen LogP contribution >= 0.6 is 0 Å². The molecule has 0 heterocycles. The molecule has 0 bridgehead atoms. The summed E-state index contributed by atoms with van der Waals surface area (Å²) >= 11 is 0. The van der Waals surface area contributed by atoms with E-state index in [-0.39, 0.29) is 0 Å². The smallest absolute Gasteiger partial charge is 0.0294 e. The van der Waals surface area contributed by atoms with Gasteiger partial charge in [-0.25, -0.2) is 0 Å². The molecule has 1 aliphatic rings. The largest absolute Gasteiger partial charge is 0.0999 e. The van der Waals surface area contributed by atoms with Gasteiger partial charge in [0.15, 0.2) is 0 Å². The molecule has 0 aromatic carbocycles. The Morgan fingerprint density at radius 3 is 2.70 bits per heavy atom. The van der Waals surface area contributed by atoms with E-state index >= 15 is 0 Å². The summed E-state index contributed by atoms with van der Waals surface area (Å²) in [6.07, 6.45) is 5.39. The normalized spacial score (nSPS) is 26.3. The maximum absolute atomic E-state index is 4.01. The van der Waals surface area contributed by atoms with Crippen molar-refractivity contribution in [1.29, 1.82) is 0 Å². The Morgan fingerprint density at radius 1 is 1.60 bits per heavy atom. The predicted molar refractivity (Wildman–Crippen MR) is 45.9 cm³/mol. The van der Waals surface area contributed by atoms with Crippen molar-refractivity contribution in [1.82, 2.24) is 0 Å². The number of rotatable bonds is 2.